The van der Waals surface area contributed by atoms with Crippen LogP contribution >= 0.6 is 0 Å². The van der Waals surface area contributed by atoms with Crippen molar-refractivity contribution in [2.24, 2.45) is 11.8 Å². The average Bonchev–Trinajstić information content (AvgIpc) is 2.31. The first-order valence-corrected chi connectivity index (χ1v) is 6.71. The second-order valence-corrected chi connectivity index (χ2v) is 5.24. The Bertz CT molecular complexity index is 274. The molecule has 0 aromatic heterocycles. The van der Waals surface area contributed by atoms with E-state index in [1.54, 1.807) is 0 Å². The number of carboxylic acids is 1. The van der Waals surface area contributed by atoms with E-state index in [1.807, 2.05) is 0 Å². The molecule has 1 saturated carbocycles. The van der Waals surface area contributed by atoms with E-state index in [-0.39, 0.29) is 5.92 Å². The molecule has 0 spiro atoms. The molecule has 2 nitrogen and oxygen atoms in total. The van der Waals surface area contributed by atoms with E-state index >= 15 is 0 Å². The minimum Gasteiger partial charge on any atom is -0.481 e. The van der Waals surface area contributed by atoms with Crippen LogP contribution in [0, 0.1) is 11.8 Å². The quantitative estimate of drug-likeness (QED) is 0.738. The van der Waals surface area contributed by atoms with E-state index in [4.69, 9.17) is 0 Å². The molecule has 0 bridgehead atoms. The number of aliphatic carboxylic acids is 1. The summed E-state index contributed by atoms with van der Waals surface area (Å²) in [6.07, 6.45) is 12.7. The fourth-order valence-electron chi connectivity index (χ4n) is 3.28. The maximum Gasteiger partial charge on any atom is 0.310 e. The third-order valence-corrected chi connectivity index (χ3v) is 4.11. The van der Waals surface area contributed by atoms with Crippen LogP contribution in [0.1, 0.15) is 57.8 Å². The van der Waals surface area contributed by atoms with E-state index in [9.17, 15) is 9.90 Å². The number of rotatable bonds is 3. The lowest BCUT2D eigenvalue weighted by molar-refractivity contribution is -0.142. The van der Waals surface area contributed by atoms with E-state index in [2.05, 4.69) is 6.08 Å². The minimum atomic E-state index is -0.583. The van der Waals surface area contributed by atoms with Gasteiger partial charge in [-0.25, -0.2) is 0 Å². The Hall–Kier alpha value is -0.790. The largest absolute Gasteiger partial charge is 0.481 e. The van der Waals surface area contributed by atoms with Crippen LogP contribution < -0.4 is 0 Å². The van der Waals surface area contributed by atoms with Gasteiger partial charge < -0.3 is 5.11 Å². The lowest BCUT2D eigenvalue weighted by Crippen LogP contribution is -2.28. The van der Waals surface area contributed by atoms with Gasteiger partial charge in [-0.15, -0.1) is 0 Å². The van der Waals surface area contributed by atoms with Crippen LogP contribution in [0.2, 0.25) is 0 Å². The van der Waals surface area contributed by atoms with Crippen LogP contribution in [-0.2, 0) is 4.79 Å². The molecular weight excluding hydrogens is 200 g/mol. The monoisotopic (exact) mass is 222 g/mol. The number of allylic oxidation sites excluding steroid dienone is 1. The Balaban J connectivity index is 2.09. The Labute approximate surface area is 97.7 Å². The van der Waals surface area contributed by atoms with Crippen LogP contribution in [-0.4, -0.2) is 11.1 Å². The molecule has 0 aliphatic heterocycles. The average molecular weight is 222 g/mol. The van der Waals surface area contributed by atoms with Gasteiger partial charge in [0.25, 0.3) is 0 Å². The van der Waals surface area contributed by atoms with Crippen molar-refractivity contribution in [2.75, 3.05) is 0 Å². The van der Waals surface area contributed by atoms with Gasteiger partial charge in [-0.1, -0.05) is 30.9 Å². The van der Waals surface area contributed by atoms with Crippen molar-refractivity contribution in [1.82, 2.24) is 0 Å². The van der Waals surface area contributed by atoms with Crippen LogP contribution in [0.4, 0.5) is 0 Å². The number of hydrogen-bond donors (Lipinski definition) is 1. The van der Waals surface area contributed by atoms with Crippen LogP contribution in [0.3, 0.4) is 0 Å². The lowest BCUT2D eigenvalue weighted by Gasteiger charge is -2.30. The maximum atomic E-state index is 11.5. The molecule has 0 radical (unpaired) electrons. The molecule has 1 atom stereocenters. The zero-order chi connectivity index (χ0) is 11.4. The highest BCUT2D eigenvalue weighted by Gasteiger charge is 2.32. The Morgan fingerprint density at radius 2 is 1.94 bits per heavy atom. The van der Waals surface area contributed by atoms with Crippen LogP contribution in [0.5, 0.6) is 0 Å². The third-order valence-electron chi connectivity index (χ3n) is 4.11. The summed E-state index contributed by atoms with van der Waals surface area (Å²) in [5.41, 5.74) is 1.23. The van der Waals surface area contributed by atoms with Gasteiger partial charge in [-0.3, -0.25) is 4.79 Å². The SMILES string of the molecule is O=C(O)C(C1=CCCCC1)C1CCCCC1. The summed E-state index contributed by atoms with van der Waals surface area (Å²) in [6.45, 7) is 0. The molecule has 2 aliphatic carbocycles. The van der Waals surface area contributed by atoms with Crippen molar-refractivity contribution in [3.05, 3.63) is 11.6 Å². The summed E-state index contributed by atoms with van der Waals surface area (Å²) < 4.78 is 0. The second kappa shape index (κ2) is 5.51. The Kier molecular flexibility index (Phi) is 4.03. The van der Waals surface area contributed by atoms with Crippen molar-refractivity contribution in [1.29, 1.82) is 0 Å². The molecule has 0 aromatic rings. The van der Waals surface area contributed by atoms with E-state index in [0.29, 0.717) is 5.92 Å². The molecule has 0 aromatic carbocycles. The van der Waals surface area contributed by atoms with Gasteiger partial charge in [-0.05, 0) is 44.4 Å². The normalized spacial score (nSPS) is 24.9. The molecular formula is C14H22O2. The van der Waals surface area contributed by atoms with Crippen molar-refractivity contribution < 1.29 is 9.90 Å². The minimum absolute atomic E-state index is 0.166. The predicted molar refractivity (Wildman–Crippen MR) is 64.3 cm³/mol. The van der Waals surface area contributed by atoms with Gasteiger partial charge in [0.2, 0.25) is 0 Å². The summed E-state index contributed by atoms with van der Waals surface area (Å²) in [5.74, 6) is -0.337. The summed E-state index contributed by atoms with van der Waals surface area (Å²) >= 11 is 0. The zero-order valence-electron chi connectivity index (χ0n) is 9.95. The summed E-state index contributed by atoms with van der Waals surface area (Å²) in [4.78, 5) is 11.5. The second-order valence-electron chi connectivity index (χ2n) is 5.24. The lowest BCUT2D eigenvalue weighted by atomic mass is 9.74. The fourth-order valence-corrected chi connectivity index (χ4v) is 3.28. The predicted octanol–water partition coefficient (Wildman–Crippen LogP) is 3.77. The third kappa shape index (κ3) is 2.66. The molecule has 0 saturated heterocycles. The van der Waals surface area contributed by atoms with Crippen LogP contribution in [0.25, 0.3) is 0 Å². The molecule has 2 rings (SSSR count). The summed E-state index contributed by atoms with van der Waals surface area (Å²) in [7, 11) is 0. The molecule has 0 amide bonds. The first-order chi connectivity index (χ1) is 7.79. The summed E-state index contributed by atoms with van der Waals surface area (Å²) in [6, 6.07) is 0. The van der Waals surface area contributed by atoms with Gasteiger partial charge in [0.15, 0.2) is 0 Å². The molecule has 2 heteroatoms. The van der Waals surface area contributed by atoms with Gasteiger partial charge in [0.05, 0.1) is 5.92 Å². The number of carbonyl (C=O) groups is 1. The molecule has 90 valence electrons. The molecule has 2 aliphatic rings. The Morgan fingerprint density at radius 1 is 1.19 bits per heavy atom. The van der Waals surface area contributed by atoms with Crippen molar-refractivity contribution in [3.63, 3.8) is 0 Å². The first kappa shape index (κ1) is 11.7. The molecule has 0 heterocycles. The molecule has 1 unspecified atom stereocenters. The van der Waals surface area contributed by atoms with E-state index in [0.717, 1.165) is 25.7 Å². The highest BCUT2D eigenvalue weighted by Crippen LogP contribution is 2.37. The van der Waals surface area contributed by atoms with Crippen molar-refractivity contribution in [3.8, 4) is 0 Å². The smallest absolute Gasteiger partial charge is 0.310 e. The first-order valence-electron chi connectivity index (χ1n) is 6.71. The highest BCUT2D eigenvalue weighted by molar-refractivity contribution is 5.74. The van der Waals surface area contributed by atoms with Crippen LogP contribution in [0.15, 0.2) is 11.6 Å². The highest BCUT2D eigenvalue weighted by atomic mass is 16.4. The van der Waals surface area contributed by atoms with E-state index < -0.39 is 5.97 Å². The zero-order valence-corrected chi connectivity index (χ0v) is 9.95. The molecule has 1 fully saturated rings. The van der Waals surface area contributed by atoms with E-state index in [1.165, 1.54) is 37.7 Å². The maximum absolute atomic E-state index is 11.5. The molecule has 16 heavy (non-hydrogen) atoms. The summed E-state index contributed by atoms with van der Waals surface area (Å²) in [5, 5.41) is 9.44. The topological polar surface area (TPSA) is 37.3 Å². The Morgan fingerprint density at radius 3 is 2.50 bits per heavy atom. The van der Waals surface area contributed by atoms with Gasteiger partial charge in [0, 0.05) is 0 Å². The van der Waals surface area contributed by atoms with Gasteiger partial charge in [0.1, 0.15) is 0 Å². The van der Waals surface area contributed by atoms with Gasteiger partial charge >= 0.3 is 5.97 Å². The number of hydrogen-bond acceptors (Lipinski definition) is 1. The molecule has 1 N–H and O–H groups in total. The van der Waals surface area contributed by atoms with Crippen molar-refractivity contribution in [2.45, 2.75) is 57.8 Å². The standard InChI is InChI=1S/C14H22O2/c15-14(16)13(11-7-3-1-4-8-11)12-9-5-2-6-10-12/h7,12-13H,1-6,8-10H2,(H,15,16). The van der Waals surface area contributed by atoms with Crippen molar-refractivity contribution >= 4 is 5.97 Å². The fraction of sp³-hybridized carbons (Fsp3) is 0.786. The number of carboxylic acid groups (broad SMARTS) is 1. The van der Waals surface area contributed by atoms with Gasteiger partial charge in [-0.2, -0.15) is 0 Å².